The SMILES string of the molecule is CCNC(=NCc1nc(C)c(C)o1)N1CCC(CC(=O)NC)CC1.I. The number of aromatic nitrogens is 1. The molecule has 1 aliphatic heterocycles. The number of nitrogens with one attached hydrogen (secondary N) is 2. The molecule has 25 heavy (non-hydrogen) atoms. The summed E-state index contributed by atoms with van der Waals surface area (Å²) in [4.78, 5) is 22.8. The van der Waals surface area contributed by atoms with Gasteiger partial charge in [0.1, 0.15) is 12.3 Å². The average molecular weight is 463 g/mol. The summed E-state index contributed by atoms with van der Waals surface area (Å²) in [6.45, 7) is 9.00. The van der Waals surface area contributed by atoms with E-state index in [0.29, 0.717) is 24.8 Å². The minimum atomic E-state index is 0. The van der Waals surface area contributed by atoms with Gasteiger partial charge in [-0.15, -0.1) is 24.0 Å². The summed E-state index contributed by atoms with van der Waals surface area (Å²) in [6.07, 6.45) is 2.64. The summed E-state index contributed by atoms with van der Waals surface area (Å²) in [5.74, 6) is 2.98. The lowest BCUT2D eigenvalue weighted by Gasteiger charge is -2.34. The maximum absolute atomic E-state index is 11.5. The van der Waals surface area contributed by atoms with Gasteiger partial charge in [-0.05, 0) is 39.5 Å². The topological polar surface area (TPSA) is 82.8 Å². The van der Waals surface area contributed by atoms with Crippen LogP contribution in [0.2, 0.25) is 0 Å². The van der Waals surface area contributed by atoms with Crippen LogP contribution in [0.1, 0.15) is 43.5 Å². The molecule has 0 bridgehead atoms. The van der Waals surface area contributed by atoms with Gasteiger partial charge < -0.3 is 20.0 Å². The van der Waals surface area contributed by atoms with Crippen LogP contribution in [0, 0.1) is 19.8 Å². The summed E-state index contributed by atoms with van der Waals surface area (Å²) >= 11 is 0. The van der Waals surface area contributed by atoms with Crippen LogP contribution in [0.15, 0.2) is 9.41 Å². The van der Waals surface area contributed by atoms with Gasteiger partial charge in [-0.1, -0.05) is 0 Å². The first-order chi connectivity index (χ1) is 11.5. The Morgan fingerprint density at radius 2 is 2.04 bits per heavy atom. The Morgan fingerprint density at radius 3 is 2.56 bits per heavy atom. The minimum Gasteiger partial charge on any atom is -0.444 e. The number of carbonyl (C=O) groups is 1. The van der Waals surface area contributed by atoms with Crippen LogP contribution in [0.5, 0.6) is 0 Å². The van der Waals surface area contributed by atoms with Gasteiger partial charge >= 0.3 is 0 Å². The number of guanidine groups is 1. The van der Waals surface area contributed by atoms with Gasteiger partial charge in [-0.3, -0.25) is 4.79 Å². The van der Waals surface area contributed by atoms with Crippen LogP contribution < -0.4 is 10.6 Å². The van der Waals surface area contributed by atoms with E-state index in [1.54, 1.807) is 7.05 Å². The zero-order chi connectivity index (χ0) is 17.5. The number of aliphatic imine (C=N–C) groups is 1. The molecule has 0 spiro atoms. The van der Waals surface area contributed by atoms with Crippen molar-refractivity contribution in [3.05, 3.63) is 17.3 Å². The molecular weight excluding hydrogens is 433 g/mol. The lowest BCUT2D eigenvalue weighted by molar-refractivity contribution is -0.121. The number of likely N-dealkylation sites (tertiary alicyclic amines) is 1. The molecule has 1 aromatic rings. The Balaban J connectivity index is 0.00000312. The summed E-state index contributed by atoms with van der Waals surface area (Å²) in [6, 6.07) is 0. The Morgan fingerprint density at radius 1 is 1.36 bits per heavy atom. The van der Waals surface area contributed by atoms with Crippen molar-refractivity contribution >= 4 is 35.8 Å². The zero-order valence-electron chi connectivity index (χ0n) is 15.6. The van der Waals surface area contributed by atoms with E-state index >= 15 is 0 Å². The molecule has 1 aliphatic rings. The van der Waals surface area contributed by atoms with Crippen LogP contribution in [-0.2, 0) is 11.3 Å². The number of carbonyl (C=O) groups excluding carboxylic acids is 1. The Labute approximate surface area is 167 Å². The molecule has 0 aliphatic carbocycles. The van der Waals surface area contributed by atoms with Crippen LogP contribution in [0.3, 0.4) is 0 Å². The van der Waals surface area contributed by atoms with Crippen molar-refractivity contribution in [3.63, 3.8) is 0 Å². The number of piperidine rings is 1. The molecule has 142 valence electrons. The van der Waals surface area contributed by atoms with Crippen molar-refractivity contribution in [2.45, 2.75) is 46.6 Å². The normalized spacial score (nSPS) is 15.7. The van der Waals surface area contributed by atoms with E-state index < -0.39 is 0 Å². The number of nitrogens with zero attached hydrogens (tertiary/aromatic N) is 3. The minimum absolute atomic E-state index is 0. The zero-order valence-corrected chi connectivity index (χ0v) is 17.9. The van der Waals surface area contributed by atoms with E-state index in [4.69, 9.17) is 4.42 Å². The summed E-state index contributed by atoms with van der Waals surface area (Å²) in [7, 11) is 1.69. The molecule has 2 rings (SSSR count). The van der Waals surface area contributed by atoms with Crippen molar-refractivity contribution in [1.82, 2.24) is 20.5 Å². The van der Waals surface area contributed by atoms with Gasteiger partial charge in [-0.2, -0.15) is 0 Å². The van der Waals surface area contributed by atoms with E-state index in [-0.39, 0.29) is 29.9 Å². The number of aryl methyl sites for hydroxylation is 2. The fourth-order valence-corrected chi connectivity index (χ4v) is 2.89. The molecule has 0 saturated carbocycles. The fourth-order valence-electron chi connectivity index (χ4n) is 2.89. The van der Waals surface area contributed by atoms with E-state index in [9.17, 15) is 4.79 Å². The van der Waals surface area contributed by atoms with Crippen LogP contribution in [0.25, 0.3) is 0 Å². The molecule has 1 fully saturated rings. The highest BCUT2D eigenvalue weighted by Crippen LogP contribution is 2.20. The Kier molecular flexibility index (Phi) is 9.23. The van der Waals surface area contributed by atoms with Gasteiger partial charge in [0.2, 0.25) is 11.8 Å². The molecule has 0 aromatic carbocycles. The summed E-state index contributed by atoms with van der Waals surface area (Å²) in [5.41, 5.74) is 0.917. The van der Waals surface area contributed by atoms with Crippen LogP contribution >= 0.6 is 24.0 Å². The van der Waals surface area contributed by atoms with Gasteiger partial charge in [0.05, 0.1) is 5.69 Å². The third-order valence-electron chi connectivity index (χ3n) is 4.44. The number of halogens is 1. The quantitative estimate of drug-likeness (QED) is 0.398. The van der Waals surface area contributed by atoms with E-state index in [0.717, 1.165) is 49.9 Å². The molecule has 0 radical (unpaired) electrons. The van der Waals surface area contributed by atoms with E-state index in [2.05, 4.69) is 32.4 Å². The smallest absolute Gasteiger partial charge is 0.220 e. The van der Waals surface area contributed by atoms with Crippen molar-refractivity contribution < 1.29 is 9.21 Å². The van der Waals surface area contributed by atoms with Crippen molar-refractivity contribution in [2.75, 3.05) is 26.7 Å². The third kappa shape index (κ3) is 6.48. The van der Waals surface area contributed by atoms with E-state index in [1.165, 1.54) is 0 Å². The Hall–Kier alpha value is -1.32. The summed E-state index contributed by atoms with van der Waals surface area (Å²) < 4.78 is 5.59. The standard InChI is InChI=1S/C17H29N5O2.HI/c1-5-19-17(20-11-16-21-12(2)13(3)24-16)22-8-6-14(7-9-22)10-15(23)18-4;/h14H,5-11H2,1-4H3,(H,18,23)(H,19,20);1H. The van der Waals surface area contributed by atoms with Crippen molar-refractivity contribution in [1.29, 1.82) is 0 Å². The lowest BCUT2D eigenvalue weighted by atomic mass is 9.93. The van der Waals surface area contributed by atoms with Gasteiger partial charge in [-0.25, -0.2) is 9.98 Å². The number of oxazole rings is 1. The molecule has 1 saturated heterocycles. The highest BCUT2D eigenvalue weighted by Gasteiger charge is 2.23. The number of hydrogen-bond donors (Lipinski definition) is 2. The molecule has 1 aromatic heterocycles. The first-order valence-electron chi connectivity index (χ1n) is 8.70. The van der Waals surface area contributed by atoms with Gasteiger partial charge in [0.15, 0.2) is 5.96 Å². The molecule has 1 amide bonds. The lowest BCUT2D eigenvalue weighted by Crippen LogP contribution is -2.46. The highest BCUT2D eigenvalue weighted by atomic mass is 127. The highest BCUT2D eigenvalue weighted by molar-refractivity contribution is 14.0. The third-order valence-corrected chi connectivity index (χ3v) is 4.44. The maximum Gasteiger partial charge on any atom is 0.220 e. The van der Waals surface area contributed by atoms with Crippen LogP contribution in [0.4, 0.5) is 0 Å². The fraction of sp³-hybridized carbons (Fsp3) is 0.706. The molecule has 0 atom stereocenters. The second-order valence-corrected chi connectivity index (χ2v) is 6.23. The molecule has 7 nitrogen and oxygen atoms in total. The van der Waals surface area contributed by atoms with Gasteiger partial charge in [0.25, 0.3) is 0 Å². The van der Waals surface area contributed by atoms with Crippen molar-refractivity contribution in [2.24, 2.45) is 10.9 Å². The van der Waals surface area contributed by atoms with Gasteiger partial charge in [0, 0.05) is 33.1 Å². The molecule has 2 N–H and O–H groups in total. The monoisotopic (exact) mass is 463 g/mol. The number of rotatable bonds is 5. The molecule has 2 heterocycles. The average Bonchev–Trinajstić information content (AvgIpc) is 2.90. The number of amides is 1. The summed E-state index contributed by atoms with van der Waals surface area (Å²) in [5, 5.41) is 6.04. The Bertz CT molecular complexity index is 560. The first kappa shape index (κ1) is 21.7. The molecule has 8 heteroatoms. The molecular formula is C17H30IN5O2. The van der Waals surface area contributed by atoms with E-state index in [1.807, 2.05) is 13.8 Å². The predicted octanol–water partition coefficient (Wildman–Crippen LogP) is 2.22. The van der Waals surface area contributed by atoms with Crippen LogP contribution in [-0.4, -0.2) is 48.4 Å². The second kappa shape index (κ2) is 10.6. The predicted molar refractivity (Wildman–Crippen MR) is 109 cm³/mol. The first-order valence-corrected chi connectivity index (χ1v) is 8.70. The largest absolute Gasteiger partial charge is 0.444 e. The number of hydrogen-bond acceptors (Lipinski definition) is 4. The van der Waals surface area contributed by atoms with Crippen molar-refractivity contribution in [3.8, 4) is 0 Å². The maximum atomic E-state index is 11.5. The second-order valence-electron chi connectivity index (χ2n) is 6.23. The molecule has 0 unspecified atom stereocenters.